The zero-order valence-corrected chi connectivity index (χ0v) is 9.43. The van der Waals surface area contributed by atoms with Crippen LogP contribution in [0.4, 0.5) is 0 Å². The summed E-state index contributed by atoms with van der Waals surface area (Å²) in [5.74, 6) is -0.294. The van der Waals surface area contributed by atoms with Gasteiger partial charge in [0.25, 0.3) is 0 Å². The van der Waals surface area contributed by atoms with Crippen LogP contribution in [0.5, 0.6) is 0 Å². The molecule has 0 heterocycles. The highest BCUT2D eigenvalue weighted by molar-refractivity contribution is 5.86. The van der Waals surface area contributed by atoms with E-state index in [9.17, 15) is 9.59 Å². The highest BCUT2D eigenvalue weighted by Crippen LogP contribution is 2.06. The van der Waals surface area contributed by atoms with Crippen molar-refractivity contribution in [1.29, 1.82) is 0 Å². The SMILES string of the molecule is C[C@H](C=O)CC(=O)[C@H](N)Cc1ccccc1. The maximum atomic E-state index is 11.6. The van der Waals surface area contributed by atoms with Gasteiger partial charge in [-0.05, 0) is 12.0 Å². The molecule has 1 rings (SSSR count). The maximum Gasteiger partial charge on any atom is 0.150 e. The highest BCUT2D eigenvalue weighted by Gasteiger charge is 2.16. The molecule has 16 heavy (non-hydrogen) atoms. The summed E-state index contributed by atoms with van der Waals surface area (Å²) in [6, 6.07) is 9.13. The molecule has 0 aliphatic rings. The quantitative estimate of drug-likeness (QED) is 0.735. The molecule has 0 unspecified atom stereocenters. The van der Waals surface area contributed by atoms with Crippen molar-refractivity contribution in [3.05, 3.63) is 35.9 Å². The standard InChI is InChI=1S/C13H17NO2/c1-10(9-15)7-13(16)12(14)8-11-5-3-2-4-6-11/h2-6,9-10,12H,7-8,14H2,1H3/t10-,12+/m0/s1. The van der Waals surface area contributed by atoms with Crippen molar-refractivity contribution in [1.82, 2.24) is 0 Å². The maximum absolute atomic E-state index is 11.6. The second-order valence-corrected chi connectivity index (χ2v) is 4.08. The Labute approximate surface area is 95.6 Å². The van der Waals surface area contributed by atoms with Crippen molar-refractivity contribution in [2.75, 3.05) is 0 Å². The van der Waals surface area contributed by atoms with Gasteiger partial charge in [-0.25, -0.2) is 0 Å². The Balaban J connectivity index is 2.49. The third-order valence-corrected chi connectivity index (χ3v) is 2.47. The number of hydrogen-bond acceptors (Lipinski definition) is 3. The number of nitrogens with two attached hydrogens (primary N) is 1. The number of rotatable bonds is 6. The molecule has 1 aromatic rings. The van der Waals surface area contributed by atoms with E-state index >= 15 is 0 Å². The lowest BCUT2D eigenvalue weighted by molar-refractivity contribution is -0.123. The third-order valence-electron chi connectivity index (χ3n) is 2.47. The van der Waals surface area contributed by atoms with Crippen LogP contribution in [0.3, 0.4) is 0 Å². The number of carbonyl (C=O) groups excluding carboxylic acids is 2. The fourth-order valence-electron chi connectivity index (χ4n) is 1.50. The summed E-state index contributed by atoms with van der Waals surface area (Å²) in [6.07, 6.45) is 1.55. The van der Waals surface area contributed by atoms with Gasteiger partial charge in [-0.1, -0.05) is 37.3 Å². The average molecular weight is 219 g/mol. The molecule has 0 fully saturated rings. The summed E-state index contributed by atoms with van der Waals surface area (Å²) in [5, 5.41) is 0. The van der Waals surface area contributed by atoms with E-state index in [0.29, 0.717) is 6.42 Å². The number of aldehydes is 1. The summed E-state index contributed by atoms with van der Waals surface area (Å²) in [5.41, 5.74) is 6.83. The second kappa shape index (κ2) is 6.18. The minimum Gasteiger partial charge on any atom is -0.321 e. The van der Waals surface area contributed by atoms with E-state index < -0.39 is 6.04 Å². The van der Waals surface area contributed by atoms with Crippen LogP contribution in [0.2, 0.25) is 0 Å². The third kappa shape index (κ3) is 3.95. The Bertz CT molecular complexity index is 348. The molecular weight excluding hydrogens is 202 g/mol. The lowest BCUT2D eigenvalue weighted by atomic mass is 9.97. The van der Waals surface area contributed by atoms with Crippen LogP contribution in [0.25, 0.3) is 0 Å². The first kappa shape index (κ1) is 12.6. The van der Waals surface area contributed by atoms with Crippen molar-refractivity contribution >= 4 is 12.1 Å². The number of carbonyl (C=O) groups is 2. The first-order chi connectivity index (χ1) is 7.63. The molecule has 0 amide bonds. The van der Waals surface area contributed by atoms with Gasteiger partial charge < -0.3 is 10.5 Å². The molecule has 0 spiro atoms. The van der Waals surface area contributed by atoms with Crippen LogP contribution >= 0.6 is 0 Å². The van der Waals surface area contributed by atoms with Crippen LogP contribution in [0, 0.1) is 5.92 Å². The summed E-state index contributed by atoms with van der Waals surface area (Å²) < 4.78 is 0. The molecule has 2 atom stereocenters. The van der Waals surface area contributed by atoms with Gasteiger partial charge in [-0.2, -0.15) is 0 Å². The number of hydrogen-bond donors (Lipinski definition) is 1. The van der Waals surface area contributed by atoms with Gasteiger partial charge in [-0.15, -0.1) is 0 Å². The molecule has 2 N–H and O–H groups in total. The van der Waals surface area contributed by atoms with E-state index in [4.69, 9.17) is 5.73 Å². The summed E-state index contributed by atoms with van der Waals surface area (Å²) in [7, 11) is 0. The highest BCUT2D eigenvalue weighted by atomic mass is 16.1. The van der Waals surface area contributed by atoms with Crippen molar-refractivity contribution < 1.29 is 9.59 Å². The van der Waals surface area contributed by atoms with Crippen LogP contribution in [-0.4, -0.2) is 18.1 Å². The van der Waals surface area contributed by atoms with E-state index in [1.165, 1.54) is 0 Å². The van der Waals surface area contributed by atoms with Crippen LogP contribution in [0.15, 0.2) is 30.3 Å². The van der Waals surface area contributed by atoms with Crippen LogP contribution < -0.4 is 5.73 Å². The summed E-state index contributed by atoms with van der Waals surface area (Å²) in [6.45, 7) is 1.72. The lowest BCUT2D eigenvalue weighted by Crippen LogP contribution is -2.33. The zero-order chi connectivity index (χ0) is 12.0. The first-order valence-electron chi connectivity index (χ1n) is 5.41. The molecule has 3 heteroatoms. The fourth-order valence-corrected chi connectivity index (χ4v) is 1.50. The van der Waals surface area contributed by atoms with E-state index in [2.05, 4.69) is 0 Å². The summed E-state index contributed by atoms with van der Waals surface area (Å²) >= 11 is 0. The van der Waals surface area contributed by atoms with Crippen molar-refractivity contribution in [2.45, 2.75) is 25.8 Å². The van der Waals surface area contributed by atoms with E-state index in [-0.39, 0.29) is 18.1 Å². The van der Waals surface area contributed by atoms with Gasteiger partial charge in [0.05, 0.1) is 6.04 Å². The predicted octanol–water partition coefficient (Wildman–Crippen LogP) is 1.35. The van der Waals surface area contributed by atoms with Gasteiger partial charge in [0.2, 0.25) is 0 Å². The largest absolute Gasteiger partial charge is 0.321 e. The van der Waals surface area contributed by atoms with Crippen LogP contribution in [0.1, 0.15) is 18.9 Å². The van der Waals surface area contributed by atoms with Gasteiger partial charge >= 0.3 is 0 Å². The number of Topliss-reactive ketones (excluding diaryl/α,β-unsaturated/α-hetero) is 1. The molecule has 1 aromatic carbocycles. The Morgan fingerprint density at radius 1 is 1.38 bits per heavy atom. The fraction of sp³-hybridized carbons (Fsp3) is 0.385. The average Bonchev–Trinajstić information content (AvgIpc) is 2.30. The molecule has 0 aliphatic heterocycles. The predicted molar refractivity (Wildman–Crippen MR) is 63.0 cm³/mol. The first-order valence-corrected chi connectivity index (χ1v) is 5.41. The van der Waals surface area contributed by atoms with Gasteiger partial charge in [-0.3, -0.25) is 4.79 Å². The Hall–Kier alpha value is -1.48. The number of benzene rings is 1. The topological polar surface area (TPSA) is 60.2 Å². The monoisotopic (exact) mass is 219 g/mol. The van der Waals surface area contributed by atoms with Gasteiger partial charge in [0.1, 0.15) is 6.29 Å². The molecule has 0 aromatic heterocycles. The van der Waals surface area contributed by atoms with Crippen molar-refractivity contribution in [3.8, 4) is 0 Å². The van der Waals surface area contributed by atoms with Crippen molar-refractivity contribution in [3.63, 3.8) is 0 Å². The minimum atomic E-state index is -0.509. The molecule has 0 aliphatic carbocycles. The van der Waals surface area contributed by atoms with Crippen molar-refractivity contribution in [2.24, 2.45) is 11.7 Å². The Morgan fingerprint density at radius 3 is 2.56 bits per heavy atom. The van der Waals surface area contributed by atoms with Gasteiger partial charge in [0, 0.05) is 12.3 Å². The van der Waals surface area contributed by atoms with Gasteiger partial charge in [0.15, 0.2) is 5.78 Å². The molecular formula is C13H17NO2. The Morgan fingerprint density at radius 2 is 2.00 bits per heavy atom. The molecule has 0 saturated heterocycles. The molecule has 3 nitrogen and oxygen atoms in total. The van der Waals surface area contributed by atoms with Crippen LogP contribution in [-0.2, 0) is 16.0 Å². The second-order valence-electron chi connectivity index (χ2n) is 4.08. The molecule has 0 radical (unpaired) electrons. The molecule has 0 saturated carbocycles. The Kier molecular flexibility index (Phi) is 4.86. The minimum absolute atomic E-state index is 0.0524. The molecule has 0 bridgehead atoms. The summed E-state index contributed by atoms with van der Waals surface area (Å²) in [4.78, 5) is 22.1. The smallest absolute Gasteiger partial charge is 0.150 e. The van der Waals surface area contributed by atoms with E-state index in [0.717, 1.165) is 11.8 Å². The number of ketones is 1. The normalized spacial score (nSPS) is 14.1. The van der Waals surface area contributed by atoms with E-state index in [1.807, 2.05) is 30.3 Å². The lowest BCUT2D eigenvalue weighted by Gasteiger charge is -2.11. The molecule has 86 valence electrons. The van der Waals surface area contributed by atoms with E-state index in [1.54, 1.807) is 6.92 Å². The zero-order valence-electron chi connectivity index (χ0n) is 9.43.